The maximum Gasteiger partial charge on any atom is 0.238 e. The molecule has 0 aromatic heterocycles. The highest BCUT2D eigenvalue weighted by molar-refractivity contribution is 7.89. The highest BCUT2D eigenvalue weighted by Gasteiger charge is 2.11. The van der Waals surface area contributed by atoms with Crippen molar-refractivity contribution in [2.24, 2.45) is 16.2 Å². The normalized spacial score (nSPS) is 11.9. The van der Waals surface area contributed by atoms with Crippen LogP contribution in [-0.4, -0.2) is 14.6 Å². The Bertz CT molecular complexity index is 441. The minimum Gasteiger partial charge on any atom is -0.303 e. The minimum atomic E-state index is -3.75. The van der Waals surface area contributed by atoms with Crippen LogP contribution in [0.2, 0.25) is 0 Å². The van der Waals surface area contributed by atoms with Crippen molar-refractivity contribution < 1.29 is 13.4 Å². The zero-order chi connectivity index (χ0) is 10.6. The summed E-state index contributed by atoms with van der Waals surface area (Å²) in [6.07, 6.45) is 1.17. The summed E-state index contributed by atoms with van der Waals surface area (Å²) < 4.78 is 22.1. The van der Waals surface area contributed by atoms with Crippen LogP contribution in [0.15, 0.2) is 34.3 Å². The predicted octanol–water partition coefficient (Wildman–Crippen LogP) is -0.442. The lowest BCUT2D eigenvalue weighted by Gasteiger charge is -2.01. The van der Waals surface area contributed by atoms with Gasteiger partial charge in [0.1, 0.15) is 0 Å². The van der Waals surface area contributed by atoms with Gasteiger partial charge in [0.15, 0.2) is 0 Å². The van der Waals surface area contributed by atoms with Crippen molar-refractivity contribution in [3.05, 3.63) is 29.8 Å². The number of primary sulfonamides is 1. The van der Waals surface area contributed by atoms with E-state index in [0.29, 0.717) is 5.56 Å². The molecule has 76 valence electrons. The van der Waals surface area contributed by atoms with E-state index >= 15 is 0 Å². The lowest BCUT2D eigenvalue weighted by molar-refractivity contribution is 0.150. The maximum absolute atomic E-state index is 11.1. The van der Waals surface area contributed by atoms with Crippen LogP contribution in [0.4, 0.5) is 0 Å². The first kappa shape index (κ1) is 10.6. The standard InChI is InChI=1S/C7H9N3O3S/c8-13-10-5-6-3-1-2-4-7(6)14(9,11)12/h1-5H,8H2,(H2,9,11,12). The van der Waals surface area contributed by atoms with Gasteiger partial charge in [0.2, 0.25) is 10.0 Å². The van der Waals surface area contributed by atoms with Crippen molar-refractivity contribution in [2.75, 3.05) is 0 Å². The van der Waals surface area contributed by atoms with Gasteiger partial charge in [-0.3, -0.25) is 0 Å². The molecule has 7 heteroatoms. The minimum absolute atomic E-state index is 0.0270. The summed E-state index contributed by atoms with van der Waals surface area (Å²) in [4.78, 5) is 3.92. The van der Waals surface area contributed by atoms with Crippen LogP contribution in [-0.2, 0) is 15.0 Å². The van der Waals surface area contributed by atoms with Crippen LogP contribution in [0.25, 0.3) is 0 Å². The summed E-state index contributed by atoms with van der Waals surface area (Å²) in [5.41, 5.74) is 0.320. The molecule has 0 aliphatic carbocycles. The second-order valence-corrected chi connectivity index (χ2v) is 3.95. The molecule has 1 aromatic rings. The molecule has 0 aliphatic rings. The molecule has 0 radical (unpaired) electrons. The van der Waals surface area contributed by atoms with Crippen LogP contribution in [0.5, 0.6) is 0 Å². The van der Waals surface area contributed by atoms with Crippen molar-refractivity contribution in [1.29, 1.82) is 0 Å². The molecule has 1 aromatic carbocycles. The number of oxime groups is 1. The van der Waals surface area contributed by atoms with E-state index in [9.17, 15) is 8.42 Å². The highest BCUT2D eigenvalue weighted by atomic mass is 32.2. The van der Waals surface area contributed by atoms with Crippen molar-refractivity contribution in [3.63, 3.8) is 0 Å². The van der Waals surface area contributed by atoms with Crippen molar-refractivity contribution >= 4 is 16.2 Å². The van der Waals surface area contributed by atoms with E-state index in [1.54, 1.807) is 12.1 Å². The SMILES string of the molecule is NON=Cc1ccccc1S(N)(=O)=O. The summed E-state index contributed by atoms with van der Waals surface area (Å²) in [7, 11) is -3.75. The van der Waals surface area contributed by atoms with Gasteiger partial charge >= 0.3 is 0 Å². The number of hydrogen-bond donors (Lipinski definition) is 2. The lowest BCUT2D eigenvalue weighted by atomic mass is 10.2. The number of hydrogen-bond acceptors (Lipinski definition) is 5. The van der Waals surface area contributed by atoms with Crippen LogP contribution in [0.1, 0.15) is 5.56 Å². The Morgan fingerprint density at radius 2 is 2.00 bits per heavy atom. The molecule has 0 amide bonds. The molecule has 0 heterocycles. The molecule has 0 saturated carbocycles. The number of nitrogens with zero attached hydrogens (tertiary/aromatic N) is 1. The predicted molar refractivity (Wildman–Crippen MR) is 50.7 cm³/mol. The molecule has 0 unspecified atom stereocenters. The Morgan fingerprint density at radius 1 is 1.36 bits per heavy atom. The molecule has 0 bridgehead atoms. The average Bonchev–Trinajstić information content (AvgIpc) is 2.14. The molecular formula is C7H9N3O3S. The van der Waals surface area contributed by atoms with Gasteiger partial charge in [0, 0.05) is 5.56 Å². The molecule has 0 spiro atoms. The third-order valence-corrected chi connectivity index (χ3v) is 2.46. The maximum atomic E-state index is 11.1. The van der Waals surface area contributed by atoms with E-state index in [0.717, 1.165) is 0 Å². The third-order valence-electron chi connectivity index (χ3n) is 1.48. The van der Waals surface area contributed by atoms with Crippen molar-refractivity contribution in [2.45, 2.75) is 4.90 Å². The second-order valence-electron chi connectivity index (χ2n) is 2.42. The Morgan fingerprint density at radius 3 is 2.57 bits per heavy atom. The van der Waals surface area contributed by atoms with E-state index in [-0.39, 0.29) is 4.90 Å². The van der Waals surface area contributed by atoms with E-state index < -0.39 is 10.0 Å². The topological polar surface area (TPSA) is 108 Å². The molecule has 1 rings (SSSR count). The molecule has 0 atom stereocenters. The van der Waals surface area contributed by atoms with Gasteiger partial charge in [0.05, 0.1) is 11.1 Å². The summed E-state index contributed by atoms with van der Waals surface area (Å²) >= 11 is 0. The fourth-order valence-corrected chi connectivity index (χ4v) is 1.65. The van der Waals surface area contributed by atoms with E-state index in [2.05, 4.69) is 16.0 Å². The van der Waals surface area contributed by atoms with Crippen LogP contribution in [0.3, 0.4) is 0 Å². The van der Waals surface area contributed by atoms with Gasteiger partial charge in [-0.05, 0) is 6.07 Å². The first-order chi connectivity index (χ1) is 6.55. The molecular weight excluding hydrogens is 206 g/mol. The van der Waals surface area contributed by atoms with Gasteiger partial charge in [0.25, 0.3) is 0 Å². The molecule has 0 fully saturated rings. The summed E-state index contributed by atoms with van der Waals surface area (Å²) in [6, 6.07) is 6.10. The average molecular weight is 215 g/mol. The van der Waals surface area contributed by atoms with Gasteiger partial charge in [-0.1, -0.05) is 23.4 Å². The molecule has 6 nitrogen and oxygen atoms in total. The van der Waals surface area contributed by atoms with Crippen molar-refractivity contribution in [1.82, 2.24) is 0 Å². The first-order valence-corrected chi connectivity index (χ1v) is 5.11. The van der Waals surface area contributed by atoms with Crippen LogP contribution in [0, 0.1) is 0 Å². The van der Waals surface area contributed by atoms with E-state index in [4.69, 9.17) is 5.14 Å². The Hall–Kier alpha value is -1.44. The molecule has 4 N–H and O–H groups in total. The Balaban J connectivity index is 3.24. The van der Waals surface area contributed by atoms with E-state index in [1.807, 2.05) is 0 Å². The zero-order valence-electron chi connectivity index (χ0n) is 7.12. The van der Waals surface area contributed by atoms with Gasteiger partial charge < -0.3 is 4.94 Å². The highest BCUT2D eigenvalue weighted by Crippen LogP contribution is 2.11. The van der Waals surface area contributed by atoms with Gasteiger partial charge in [-0.2, -0.15) is 0 Å². The smallest absolute Gasteiger partial charge is 0.238 e. The monoisotopic (exact) mass is 215 g/mol. The first-order valence-electron chi connectivity index (χ1n) is 3.57. The lowest BCUT2D eigenvalue weighted by Crippen LogP contribution is -2.14. The second kappa shape index (κ2) is 4.18. The van der Waals surface area contributed by atoms with Gasteiger partial charge in [-0.15, -0.1) is 5.90 Å². The van der Waals surface area contributed by atoms with E-state index in [1.165, 1.54) is 18.3 Å². The summed E-state index contributed by atoms with van der Waals surface area (Å²) in [5.74, 6) is 4.66. The quantitative estimate of drug-likeness (QED) is 0.526. The van der Waals surface area contributed by atoms with Crippen LogP contribution >= 0.6 is 0 Å². The Labute approximate surface area is 81.2 Å². The Kier molecular flexibility index (Phi) is 3.18. The largest absolute Gasteiger partial charge is 0.303 e. The summed E-state index contributed by atoms with van der Waals surface area (Å²) in [6.45, 7) is 0. The zero-order valence-corrected chi connectivity index (χ0v) is 7.94. The molecule has 0 saturated heterocycles. The molecule has 14 heavy (non-hydrogen) atoms. The number of sulfonamides is 1. The number of nitrogens with two attached hydrogens (primary N) is 2. The fraction of sp³-hybridized carbons (Fsp3) is 0. The number of rotatable bonds is 3. The van der Waals surface area contributed by atoms with Gasteiger partial charge in [-0.25, -0.2) is 13.6 Å². The summed E-state index contributed by atoms with van der Waals surface area (Å²) in [5, 5.41) is 8.22. The fourth-order valence-electron chi connectivity index (χ4n) is 0.934. The van der Waals surface area contributed by atoms with Crippen LogP contribution < -0.4 is 11.0 Å². The van der Waals surface area contributed by atoms with Crippen molar-refractivity contribution in [3.8, 4) is 0 Å². The molecule has 0 aliphatic heterocycles. The number of benzene rings is 1. The third kappa shape index (κ3) is 2.52.